The zero-order valence-electron chi connectivity index (χ0n) is 8.97. The standard InChI is InChI=1S/C11H12N4S/c1-11(4-5-11)15-9(13-14-10(15)16)8-3-2-6-12-7-8/h2-3,6-7H,4-5H2,1H3,(H,14,16). The number of H-pyrrole nitrogens is 1. The molecule has 0 saturated heterocycles. The predicted octanol–water partition coefficient (Wildman–Crippen LogP) is 2.51. The summed E-state index contributed by atoms with van der Waals surface area (Å²) in [6, 6.07) is 3.91. The van der Waals surface area contributed by atoms with Gasteiger partial charge in [-0.1, -0.05) is 0 Å². The fourth-order valence-electron chi connectivity index (χ4n) is 1.89. The van der Waals surface area contributed by atoms with E-state index in [1.54, 1.807) is 6.20 Å². The van der Waals surface area contributed by atoms with E-state index < -0.39 is 0 Å². The van der Waals surface area contributed by atoms with Crippen LogP contribution in [0.2, 0.25) is 0 Å². The molecule has 2 heterocycles. The molecule has 1 fully saturated rings. The van der Waals surface area contributed by atoms with Gasteiger partial charge in [-0.15, -0.1) is 0 Å². The molecule has 0 unspecified atom stereocenters. The van der Waals surface area contributed by atoms with E-state index in [2.05, 4.69) is 26.7 Å². The van der Waals surface area contributed by atoms with Gasteiger partial charge in [0.25, 0.3) is 0 Å². The fourth-order valence-corrected chi connectivity index (χ4v) is 2.24. The third-order valence-corrected chi connectivity index (χ3v) is 3.38. The predicted molar refractivity (Wildman–Crippen MR) is 63.5 cm³/mol. The van der Waals surface area contributed by atoms with Crippen molar-refractivity contribution in [1.29, 1.82) is 0 Å². The van der Waals surface area contributed by atoms with Gasteiger partial charge in [0.05, 0.1) is 0 Å². The highest BCUT2D eigenvalue weighted by Crippen LogP contribution is 2.44. The molecular formula is C11H12N4S. The van der Waals surface area contributed by atoms with Crippen LogP contribution in [0.4, 0.5) is 0 Å². The summed E-state index contributed by atoms with van der Waals surface area (Å²) in [4.78, 5) is 4.11. The molecule has 0 aromatic carbocycles. The second-order valence-electron chi connectivity index (χ2n) is 4.43. The summed E-state index contributed by atoms with van der Waals surface area (Å²) in [5.74, 6) is 0.887. The van der Waals surface area contributed by atoms with Crippen LogP contribution in [0.15, 0.2) is 24.5 Å². The molecule has 1 aliphatic carbocycles. The lowest BCUT2D eigenvalue weighted by molar-refractivity contribution is 0.529. The van der Waals surface area contributed by atoms with Crippen molar-refractivity contribution in [3.63, 3.8) is 0 Å². The quantitative estimate of drug-likeness (QED) is 0.809. The summed E-state index contributed by atoms with van der Waals surface area (Å²) in [7, 11) is 0. The van der Waals surface area contributed by atoms with Crippen LogP contribution in [0.25, 0.3) is 11.4 Å². The van der Waals surface area contributed by atoms with E-state index in [-0.39, 0.29) is 5.54 Å². The van der Waals surface area contributed by atoms with Gasteiger partial charge in [0.1, 0.15) is 0 Å². The van der Waals surface area contributed by atoms with Crippen molar-refractivity contribution in [3.8, 4) is 11.4 Å². The second-order valence-corrected chi connectivity index (χ2v) is 4.81. The Morgan fingerprint density at radius 3 is 2.94 bits per heavy atom. The van der Waals surface area contributed by atoms with Crippen LogP contribution in [0.1, 0.15) is 19.8 Å². The van der Waals surface area contributed by atoms with Crippen molar-refractivity contribution < 1.29 is 0 Å². The van der Waals surface area contributed by atoms with Crippen molar-refractivity contribution in [1.82, 2.24) is 19.7 Å². The molecule has 0 spiro atoms. The van der Waals surface area contributed by atoms with Gasteiger partial charge in [0.15, 0.2) is 10.6 Å². The van der Waals surface area contributed by atoms with E-state index in [1.807, 2.05) is 18.3 Å². The molecule has 1 saturated carbocycles. The maximum Gasteiger partial charge on any atom is 0.195 e. The fraction of sp³-hybridized carbons (Fsp3) is 0.364. The first-order valence-electron chi connectivity index (χ1n) is 5.29. The minimum absolute atomic E-state index is 0.148. The first-order chi connectivity index (χ1) is 7.71. The van der Waals surface area contributed by atoms with Gasteiger partial charge in [-0.2, -0.15) is 5.10 Å². The molecule has 16 heavy (non-hydrogen) atoms. The maximum atomic E-state index is 5.29. The van der Waals surface area contributed by atoms with Crippen LogP contribution in [0.3, 0.4) is 0 Å². The van der Waals surface area contributed by atoms with Gasteiger partial charge < -0.3 is 0 Å². The molecule has 0 radical (unpaired) electrons. The SMILES string of the molecule is CC1(n2c(-c3cccnc3)n[nH]c2=S)CC1. The average Bonchev–Trinajstić information content (AvgIpc) is 2.91. The minimum Gasteiger partial charge on any atom is -0.294 e. The van der Waals surface area contributed by atoms with Crippen LogP contribution in [-0.2, 0) is 5.54 Å². The molecule has 5 heteroatoms. The van der Waals surface area contributed by atoms with Crippen molar-refractivity contribution in [3.05, 3.63) is 29.3 Å². The smallest absolute Gasteiger partial charge is 0.195 e. The number of rotatable bonds is 2. The first-order valence-corrected chi connectivity index (χ1v) is 5.70. The second kappa shape index (κ2) is 3.25. The molecule has 0 atom stereocenters. The molecule has 3 rings (SSSR count). The van der Waals surface area contributed by atoms with E-state index in [1.165, 1.54) is 0 Å². The molecule has 0 amide bonds. The molecular weight excluding hydrogens is 220 g/mol. The Hall–Kier alpha value is -1.49. The normalized spacial score (nSPS) is 17.3. The third kappa shape index (κ3) is 1.39. The molecule has 1 aliphatic rings. The van der Waals surface area contributed by atoms with Crippen LogP contribution in [-0.4, -0.2) is 19.7 Å². The van der Waals surface area contributed by atoms with E-state index >= 15 is 0 Å². The highest BCUT2D eigenvalue weighted by atomic mass is 32.1. The van der Waals surface area contributed by atoms with Crippen molar-refractivity contribution in [2.24, 2.45) is 0 Å². The van der Waals surface area contributed by atoms with E-state index in [9.17, 15) is 0 Å². The van der Waals surface area contributed by atoms with E-state index in [4.69, 9.17) is 12.2 Å². The van der Waals surface area contributed by atoms with Gasteiger partial charge in [0, 0.05) is 23.5 Å². The van der Waals surface area contributed by atoms with Crippen molar-refractivity contribution in [2.45, 2.75) is 25.3 Å². The summed E-state index contributed by atoms with van der Waals surface area (Å²) in [6.07, 6.45) is 5.89. The molecule has 2 aromatic rings. The summed E-state index contributed by atoms with van der Waals surface area (Å²) in [5.41, 5.74) is 1.15. The summed E-state index contributed by atoms with van der Waals surface area (Å²) < 4.78 is 2.80. The van der Waals surface area contributed by atoms with Gasteiger partial charge in [-0.25, -0.2) is 0 Å². The summed E-state index contributed by atoms with van der Waals surface area (Å²) in [5, 5.41) is 7.17. The first kappa shape index (κ1) is 9.72. The van der Waals surface area contributed by atoms with E-state index in [0.29, 0.717) is 4.77 Å². The Bertz CT molecular complexity index is 565. The van der Waals surface area contributed by atoms with Gasteiger partial charge in [-0.3, -0.25) is 14.6 Å². The Kier molecular flexibility index (Phi) is 1.97. The van der Waals surface area contributed by atoms with Gasteiger partial charge >= 0.3 is 0 Å². The number of aromatic nitrogens is 4. The topological polar surface area (TPSA) is 46.5 Å². The minimum atomic E-state index is 0.148. The zero-order valence-corrected chi connectivity index (χ0v) is 9.79. The van der Waals surface area contributed by atoms with Crippen LogP contribution >= 0.6 is 12.2 Å². The maximum absolute atomic E-state index is 5.29. The largest absolute Gasteiger partial charge is 0.294 e. The number of pyridine rings is 1. The molecule has 2 aromatic heterocycles. The van der Waals surface area contributed by atoms with Crippen molar-refractivity contribution >= 4 is 12.2 Å². The third-order valence-electron chi connectivity index (χ3n) is 3.11. The Balaban J connectivity index is 2.19. The van der Waals surface area contributed by atoms with Crippen LogP contribution in [0, 0.1) is 4.77 Å². The number of nitrogens with one attached hydrogen (secondary N) is 1. The van der Waals surface area contributed by atoms with Crippen molar-refractivity contribution in [2.75, 3.05) is 0 Å². The van der Waals surface area contributed by atoms with Gasteiger partial charge in [-0.05, 0) is 44.1 Å². The Morgan fingerprint density at radius 1 is 1.50 bits per heavy atom. The molecule has 0 aliphatic heterocycles. The number of nitrogens with zero attached hydrogens (tertiary/aromatic N) is 3. The summed E-state index contributed by atoms with van der Waals surface area (Å²) in [6.45, 7) is 2.21. The average molecular weight is 232 g/mol. The molecule has 4 nitrogen and oxygen atoms in total. The molecule has 82 valence electrons. The Morgan fingerprint density at radius 2 is 2.31 bits per heavy atom. The Labute approximate surface area is 98.3 Å². The van der Waals surface area contributed by atoms with Gasteiger partial charge in [0.2, 0.25) is 0 Å². The number of hydrogen-bond donors (Lipinski definition) is 1. The number of hydrogen-bond acceptors (Lipinski definition) is 3. The van der Waals surface area contributed by atoms with E-state index in [0.717, 1.165) is 24.2 Å². The number of aromatic amines is 1. The van der Waals surface area contributed by atoms with Crippen LogP contribution in [0.5, 0.6) is 0 Å². The lowest BCUT2D eigenvalue weighted by atomic mass is 10.2. The lowest BCUT2D eigenvalue weighted by Gasteiger charge is -2.13. The lowest BCUT2D eigenvalue weighted by Crippen LogP contribution is -2.13. The summed E-state index contributed by atoms with van der Waals surface area (Å²) >= 11 is 5.29. The highest BCUT2D eigenvalue weighted by Gasteiger charge is 2.41. The monoisotopic (exact) mass is 232 g/mol. The van der Waals surface area contributed by atoms with Crippen LogP contribution < -0.4 is 0 Å². The highest BCUT2D eigenvalue weighted by molar-refractivity contribution is 7.71. The molecule has 0 bridgehead atoms. The molecule has 1 N–H and O–H groups in total. The zero-order chi connectivity index (χ0) is 11.2.